The van der Waals surface area contributed by atoms with E-state index in [1.54, 1.807) is 0 Å². The van der Waals surface area contributed by atoms with Gasteiger partial charge in [0, 0.05) is 11.8 Å². The van der Waals surface area contributed by atoms with Crippen LogP contribution in [0, 0.1) is 17.8 Å². The van der Waals surface area contributed by atoms with Crippen molar-refractivity contribution in [2.24, 2.45) is 17.8 Å². The smallest absolute Gasteiger partial charge is 0.206 e. The summed E-state index contributed by atoms with van der Waals surface area (Å²) < 4.78 is 26.1. The molecule has 1 saturated carbocycles. The molecular weight excluding hydrogens is 158 g/mol. The number of hydrogen-bond donors (Lipinski definition) is 0. The highest BCUT2D eigenvalue weighted by Crippen LogP contribution is 2.60. The van der Waals surface area contributed by atoms with Crippen LogP contribution in [0.2, 0.25) is 0 Å². The monoisotopic (exact) mass is 176 g/mol. The fourth-order valence-corrected chi connectivity index (χ4v) is 2.12. The Hall–Kier alpha value is -0.140. The number of halogens is 2. The van der Waals surface area contributed by atoms with E-state index >= 15 is 0 Å². The molecule has 0 nitrogen and oxygen atoms in total. The lowest BCUT2D eigenvalue weighted by Crippen LogP contribution is -1.99. The third kappa shape index (κ3) is 1.62. The van der Waals surface area contributed by atoms with Crippen LogP contribution in [0.25, 0.3) is 0 Å². The summed E-state index contributed by atoms with van der Waals surface area (Å²) in [5, 5.41) is 0. The summed E-state index contributed by atoms with van der Waals surface area (Å²) in [6.45, 7) is 5.83. The van der Waals surface area contributed by atoms with Crippen LogP contribution >= 0.6 is 0 Å². The molecule has 0 aromatic carbocycles. The molecule has 0 amide bonds. The highest BCUT2D eigenvalue weighted by molar-refractivity contribution is 5.05. The van der Waals surface area contributed by atoms with E-state index in [1.807, 2.05) is 20.8 Å². The van der Waals surface area contributed by atoms with Gasteiger partial charge in [-0.2, -0.15) is 0 Å². The molecular formula is C10H18F2. The van der Waals surface area contributed by atoms with Gasteiger partial charge in [-0.25, -0.2) is 8.78 Å². The molecule has 0 aromatic heterocycles. The Kier molecular flexibility index (Phi) is 2.74. The molecule has 1 aliphatic rings. The predicted molar refractivity (Wildman–Crippen MR) is 46.3 cm³/mol. The van der Waals surface area contributed by atoms with Crippen LogP contribution in [0.3, 0.4) is 0 Å². The van der Waals surface area contributed by atoms with Gasteiger partial charge in [-0.15, -0.1) is 0 Å². The Morgan fingerprint density at radius 3 is 2.25 bits per heavy atom. The zero-order valence-electron chi connectivity index (χ0n) is 8.11. The first-order chi connectivity index (χ1) is 5.51. The molecule has 12 heavy (non-hydrogen) atoms. The quantitative estimate of drug-likeness (QED) is 0.612. The van der Waals surface area contributed by atoms with Crippen LogP contribution in [0.1, 0.15) is 40.0 Å². The zero-order valence-corrected chi connectivity index (χ0v) is 8.11. The maximum absolute atomic E-state index is 13.0. The lowest BCUT2D eigenvalue weighted by molar-refractivity contribution is 0.0753. The summed E-state index contributed by atoms with van der Waals surface area (Å²) in [7, 11) is 0. The number of unbranched alkanes of at least 4 members (excludes halogenated alkanes) is 1. The van der Waals surface area contributed by atoms with Gasteiger partial charge in [0.25, 0.3) is 5.92 Å². The molecule has 0 spiro atoms. The Morgan fingerprint density at radius 2 is 1.92 bits per heavy atom. The molecule has 0 N–H and O–H groups in total. The Labute approximate surface area is 73.3 Å². The molecule has 1 aliphatic carbocycles. The van der Waals surface area contributed by atoms with Crippen molar-refractivity contribution in [2.75, 3.05) is 0 Å². The van der Waals surface area contributed by atoms with Crippen molar-refractivity contribution in [3.8, 4) is 0 Å². The average molecular weight is 176 g/mol. The van der Waals surface area contributed by atoms with Crippen LogP contribution in [0.5, 0.6) is 0 Å². The summed E-state index contributed by atoms with van der Waals surface area (Å²) in [6, 6.07) is 0. The van der Waals surface area contributed by atoms with E-state index in [4.69, 9.17) is 0 Å². The van der Waals surface area contributed by atoms with Gasteiger partial charge in [0.2, 0.25) is 0 Å². The lowest BCUT2D eigenvalue weighted by Gasteiger charge is -1.99. The van der Waals surface area contributed by atoms with Crippen molar-refractivity contribution in [3.63, 3.8) is 0 Å². The summed E-state index contributed by atoms with van der Waals surface area (Å²) in [4.78, 5) is 0. The summed E-state index contributed by atoms with van der Waals surface area (Å²) >= 11 is 0. The van der Waals surface area contributed by atoms with Gasteiger partial charge in [0.05, 0.1) is 0 Å². The molecule has 2 unspecified atom stereocenters. The van der Waals surface area contributed by atoms with E-state index < -0.39 is 5.92 Å². The van der Waals surface area contributed by atoms with Crippen molar-refractivity contribution in [1.82, 2.24) is 0 Å². The topological polar surface area (TPSA) is 0 Å². The predicted octanol–water partition coefficient (Wildman–Crippen LogP) is 3.71. The van der Waals surface area contributed by atoms with Crippen LogP contribution in [0.15, 0.2) is 0 Å². The molecule has 72 valence electrons. The van der Waals surface area contributed by atoms with Gasteiger partial charge in [-0.3, -0.25) is 0 Å². The number of alkyl halides is 2. The van der Waals surface area contributed by atoms with Crippen LogP contribution in [0.4, 0.5) is 8.78 Å². The molecule has 0 bridgehead atoms. The van der Waals surface area contributed by atoms with Gasteiger partial charge in [0.1, 0.15) is 0 Å². The minimum Gasteiger partial charge on any atom is -0.206 e. The second kappa shape index (κ2) is 3.31. The molecule has 0 saturated heterocycles. The zero-order chi connectivity index (χ0) is 9.35. The van der Waals surface area contributed by atoms with Crippen molar-refractivity contribution in [2.45, 2.75) is 46.0 Å². The number of rotatable bonds is 4. The van der Waals surface area contributed by atoms with Crippen molar-refractivity contribution < 1.29 is 8.78 Å². The average Bonchev–Trinajstić information content (AvgIpc) is 2.49. The van der Waals surface area contributed by atoms with E-state index in [2.05, 4.69) is 0 Å². The second-order valence-corrected chi connectivity index (χ2v) is 4.19. The SMILES string of the molecule is CCCCC1C(C(C)C)C1(F)F. The van der Waals surface area contributed by atoms with E-state index in [1.165, 1.54) is 0 Å². The minimum absolute atomic E-state index is 0.141. The highest BCUT2D eigenvalue weighted by Gasteiger charge is 2.67. The fourth-order valence-electron chi connectivity index (χ4n) is 2.12. The van der Waals surface area contributed by atoms with E-state index in [0.29, 0.717) is 6.42 Å². The lowest BCUT2D eigenvalue weighted by atomic mass is 10.0. The maximum Gasteiger partial charge on any atom is 0.254 e. The molecule has 0 aromatic rings. The molecule has 2 heteroatoms. The largest absolute Gasteiger partial charge is 0.254 e. The van der Waals surface area contributed by atoms with E-state index in [0.717, 1.165) is 12.8 Å². The van der Waals surface area contributed by atoms with Crippen molar-refractivity contribution >= 4 is 0 Å². The van der Waals surface area contributed by atoms with Gasteiger partial charge in [-0.1, -0.05) is 33.6 Å². The first-order valence-electron chi connectivity index (χ1n) is 4.89. The van der Waals surface area contributed by atoms with Crippen LogP contribution < -0.4 is 0 Å². The molecule has 0 heterocycles. The Balaban J connectivity index is 2.38. The Bertz CT molecular complexity index is 152. The standard InChI is InChI=1S/C10H18F2/c1-4-5-6-8-9(7(2)3)10(8,11)12/h7-9H,4-6H2,1-3H3. The normalized spacial score (nSPS) is 32.5. The second-order valence-electron chi connectivity index (χ2n) is 4.19. The summed E-state index contributed by atoms with van der Waals surface area (Å²) in [5.74, 6) is -2.84. The van der Waals surface area contributed by atoms with Gasteiger partial charge in [0.15, 0.2) is 0 Å². The molecule has 1 fully saturated rings. The maximum atomic E-state index is 13.0. The highest BCUT2D eigenvalue weighted by atomic mass is 19.3. The third-order valence-corrected chi connectivity index (χ3v) is 2.85. The molecule has 1 rings (SSSR count). The molecule has 0 radical (unpaired) electrons. The summed E-state index contributed by atoms with van der Waals surface area (Å²) in [5.41, 5.74) is 0. The van der Waals surface area contributed by atoms with Gasteiger partial charge >= 0.3 is 0 Å². The van der Waals surface area contributed by atoms with Crippen LogP contribution in [-0.2, 0) is 0 Å². The van der Waals surface area contributed by atoms with Gasteiger partial charge in [-0.05, 0) is 12.3 Å². The van der Waals surface area contributed by atoms with Gasteiger partial charge < -0.3 is 0 Å². The van der Waals surface area contributed by atoms with Crippen molar-refractivity contribution in [1.29, 1.82) is 0 Å². The van der Waals surface area contributed by atoms with Crippen molar-refractivity contribution in [3.05, 3.63) is 0 Å². The fraction of sp³-hybridized carbons (Fsp3) is 1.00. The first kappa shape index (κ1) is 9.94. The molecule has 2 atom stereocenters. The minimum atomic E-state index is -2.34. The van der Waals surface area contributed by atoms with E-state index in [9.17, 15) is 8.78 Å². The third-order valence-electron chi connectivity index (χ3n) is 2.85. The molecule has 0 aliphatic heterocycles. The Morgan fingerprint density at radius 1 is 1.33 bits per heavy atom. The van der Waals surface area contributed by atoms with E-state index in [-0.39, 0.29) is 17.8 Å². The number of hydrogen-bond acceptors (Lipinski definition) is 0. The van der Waals surface area contributed by atoms with Crippen LogP contribution in [-0.4, -0.2) is 5.92 Å². The summed E-state index contributed by atoms with van der Waals surface area (Å²) in [6.07, 6.45) is 2.69. The first-order valence-corrected chi connectivity index (χ1v) is 4.89.